The van der Waals surface area contributed by atoms with Crippen LogP contribution in [0.2, 0.25) is 0 Å². The summed E-state index contributed by atoms with van der Waals surface area (Å²) in [6, 6.07) is 7.67. The normalized spacial score (nSPS) is 30.8. The van der Waals surface area contributed by atoms with Crippen molar-refractivity contribution >= 4 is 12.6 Å². The zero-order valence-electron chi connectivity index (χ0n) is 16.3. The topological polar surface area (TPSA) is 30.9 Å². The molecule has 2 heterocycles. The first-order valence-corrected chi connectivity index (χ1v) is 8.91. The molecule has 0 spiro atoms. The van der Waals surface area contributed by atoms with Gasteiger partial charge in [-0.2, -0.15) is 0 Å². The summed E-state index contributed by atoms with van der Waals surface area (Å²) >= 11 is 0. The second-order valence-electron chi connectivity index (χ2n) is 8.57. The Morgan fingerprint density at radius 3 is 2.00 bits per heavy atom. The summed E-state index contributed by atoms with van der Waals surface area (Å²) in [5, 5.41) is 0. The predicted molar refractivity (Wildman–Crippen MR) is 97.6 cm³/mol. The fourth-order valence-electron chi connectivity index (χ4n) is 3.37. The summed E-state index contributed by atoms with van der Waals surface area (Å²) in [4.78, 5) is 1.96. The van der Waals surface area contributed by atoms with Crippen molar-refractivity contribution in [3.63, 3.8) is 0 Å². The molecule has 0 saturated carbocycles. The Labute approximate surface area is 150 Å². The minimum Gasteiger partial charge on any atom is -0.399 e. The van der Waals surface area contributed by atoms with Crippen molar-refractivity contribution in [1.82, 2.24) is 4.90 Å². The molecule has 0 radical (unpaired) electrons. The van der Waals surface area contributed by atoms with Gasteiger partial charge in [0, 0.05) is 0 Å². The van der Waals surface area contributed by atoms with Crippen LogP contribution in [-0.2, 0) is 14.0 Å². The molecule has 2 saturated heterocycles. The molecule has 0 amide bonds. The van der Waals surface area contributed by atoms with Gasteiger partial charge in [-0.1, -0.05) is 24.3 Å². The number of ether oxygens (including phenoxy) is 1. The van der Waals surface area contributed by atoms with E-state index in [9.17, 15) is 4.39 Å². The van der Waals surface area contributed by atoms with Gasteiger partial charge in [-0.15, -0.1) is 0 Å². The van der Waals surface area contributed by atoms with Gasteiger partial charge in [-0.25, -0.2) is 4.39 Å². The molecule has 4 nitrogen and oxygen atoms in total. The molecule has 1 unspecified atom stereocenters. The summed E-state index contributed by atoms with van der Waals surface area (Å²) in [6.45, 7) is 11.6. The Morgan fingerprint density at radius 2 is 1.52 bits per heavy atom. The molecular weight excluding hydrogens is 320 g/mol. The van der Waals surface area contributed by atoms with Gasteiger partial charge in [0.25, 0.3) is 0 Å². The Hall–Kier alpha value is -0.945. The van der Waals surface area contributed by atoms with Gasteiger partial charge in [0.15, 0.2) is 0 Å². The molecule has 2 atom stereocenters. The minimum atomic E-state index is -0.480. The van der Waals surface area contributed by atoms with Crippen molar-refractivity contribution in [3.8, 4) is 0 Å². The van der Waals surface area contributed by atoms with Gasteiger partial charge >= 0.3 is 7.12 Å². The second-order valence-corrected chi connectivity index (χ2v) is 8.57. The third-order valence-electron chi connectivity index (χ3n) is 6.06. The van der Waals surface area contributed by atoms with Crippen molar-refractivity contribution < 1.29 is 18.4 Å². The molecule has 0 aliphatic carbocycles. The van der Waals surface area contributed by atoms with E-state index in [-0.39, 0.29) is 30.5 Å². The molecular formula is C19H29BFNO3. The molecule has 2 aliphatic heterocycles. The summed E-state index contributed by atoms with van der Waals surface area (Å²) < 4.78 is 31.8. The van der Waals surface area contributed by atoms with Crippen molar-refractivity contribution in [2.75, 3.05) is 13.7 Å². The highest BCUT2D eigenvalue weighted by Crippen LogP contribution is 2.40. The lowest BCUT2D eigenvalue weighted by Gasteiger charge is -2.32. The van der Waals surface area contributed by atoms with Gasteiger partial charge in [0.05, 0.1) is 17.2 Å². The van der Waals surface area contributed by atoms with Gasteiger partial charge in [0.2, 0.25) is 0 Å². The van der Waals surface area contributed by atoms with Crippen molar-refractivity contribution in [2.24, 2.45) is 0 Å². The van der Waals surface area contributed by atoms with E-state index in [0.717, 1.165) is 11.0 Å². The van der Waals surface area contributed by atoms with E-state index in [2.05, 4.69) is 0 Å². The Kier molecular flexibility index (Phi) is 4.56. The van der Waals surface area contributed by atoms with E-state index >= 15 is 0 Å². The van der Waals surface area contributed by atoms with E-state index < -0.39 is 12.4 Å². The highest BCUT2D eigenvalue weighted by atomic mass is 19.1. The first kappa shape index (κ1) is 18.8. The van der Waals surface area contributed by atoms with Gasteiger partial charge in [-0.05, 0) is 59.6 Å². The number of likely N-dealkylation sites (N-methyl/N-ethyl adjacent to an activating group) is 1. The minimum absolute atomic E-state index is 0.280. The van der Waals surface area contributed by atoms with Crippen LogP contribution in [-0.4, -0.2) is 48.7 Å². The fraction of sp³-hybridized carbons (Fsp3) is 0.684. The van der Waals surface area contributed by atoms with Gasteiger partial charge in [0.1, 0.15) is 18.5 Å². The number of hydrogen-bond acceptors (Lipinski definition) is 4. The molecule has 2 aliphatic rings. The molecule has 3 rings (SSSR count). The zero-order chi connectivity index (χ0) is 18.6. The lowest BCUT2D eigenvalue weighted by molar-refractivity contribution is -0.0684. The number of benzene rings is 1. The van der Waals surface area contributed by atoms with E-state index in [1.54, 1.807) is 0 Å². The lowest BCUT2D eigenvalue weighted by atomic mass is 9.78. The molecule has 6 heteroatoms. The number of hydrogen-bond donors (Lipinski definition) is 0. The highest BCUT2D eigenvalue weighted by Gasteiger charge is 2.52. The van der Waals surface area contributed by atoms with Crippen LogP contribution < -0.4 is 5.46 Å². The average Bonchev–Trinajstić information content (AvgIpc) is 2.89. The van der Waals surface area contributed by atoms with Crippen LogP contribution in [0.5, 0.6) is 0 Å². The molecule has 1 aromatic carbocycles. The van der Waals surface area contributed by atoms with Crippen LogP contribution in [0.25, 0.3) is 0 Å². The molecule has 1 aromatic rings. The Balaban J connectivity index is 1.80. The van der Waals surface area contributed by atoms with Crippen LogP contribution in [0.3, 0.4) is 0 Å². The fourth-order valence-corrected chi connectivity index (χ4v) is 3.37. The van der Waals surface area contributed by atoms with Gasteiger partial charge in [-0.3, -0.25) is 4.90 Å². The van der Waals surface area contributed by atoms with Crippen molar-refractivity contribution in [3.05, 3.63) is 29.8 Å². The Morgan fingerprint density at radius 1 is 1.00 bits per heavy atom. The highest BCUT2D eigenvalue weighted by molar-refractivity contribution is 6.62. The molecule has 0 aromatic heterocycles. The van der Waals surface area contributed by atoms with Crippen molar-refractivity contribution in [1.29, 1.82) is 0 Å². The lowest BCUT2D eigenvalue weighted by Crippen LogP contribution is -2.41. The maximum absolute atomic E-state index is 13.6. The van der Waals surface area contributed by atoms with E-state index in [1.807, 2.05) is 77.8 Å². The van der Waals surface area contributed by atoms with E-state index in [0.29, 0.717) is 0 Å². The van der Waals surface area contributed by atoms with Crippen molar-refractivity contribution in [2.45, 2.75) is 70.6 Å². The SMILES string of the molecule is CN1[C@H](CF)C(c2ccc(B3OC(C)(C)C(C)(C)O3)cc2)OC1(C)C. The second kappa shape index (κ2) is 6.05. The largest absolute Gasteiger partial charge is 0.494 e. The number of halogens is 1. The van der Waals surface area contributed by atoms with Crippen LogP contribution >= 0.6 is 0 Å². The molecule has 138 valence electrons. The molecule has 0 N–H and O–H groups in total. The summed E-state index contributed by atoms with van der Waals surface area (Å²) in [5.41, 5.74) is 0.727. The average molecular weight is 349 g/mol. The van der Waals surface area contributed by atoms with E-state index in [1.165, 1.54) is 0 Å². The first-order valence-electron chi connectivity index (χ1n) is 8.91. The maximum atomic E-state index is 13.6. The standard InChI is InChI=1S/C19H29BFNO3/c1-17(2)18(3,4)25-20(24-17)14-10-8-13(9-11-14)16-15(12-21)22(7)19(5,6)23-16/h8-11,15-16H,12H2,1-7H3/t15-,16?/m1/s1. The number of rotatable bonds is 3. The van der Waals surface area contributed by atoms with Crippen LogP contribution in [0, 0.1) is 0 Å². The van der Waals surface area contributed by atoms with Crippen LogP contribution in [0.15, 0.2) is 24.3 Å². The van der Waals surface area contributed by atoms with Crippen LogP contribution in [0.1, 0.15) is 53.2 Å². The summed E-state index contributed by atoms with van der Waals surface area (Å²) in [6.07, 6.45) is -0.280. The maximum Gasteiger partial charge on any atom is 0.494 e. The molecule has 0 bridgehead atoms. The third-order valence-corrected chi connectivity index (χ3v) is 6.06. The predicted octanol–water partition coefficient (Wildman–Crippen LogP) is 3.06. The molecule has 25 heavy (non-hydrogen) atoms. The first-order chi connectivity index (χ1) is 11.5. The number of nitrogens with zero attached hydrogens (tertiary/aromatic N) is 1. The number of alkyl halides is 1. The summed E-state index contributed by atoms with van der Waals surface area (Å²) in [5.74, 6) is 0. The monoisotopic (exact) mass is 349 g/mol. The van der Waals surface area contributed by atoms with E-state index in [4.69, 9.17) is 14.0 Å². The van der Waals surface area contributed by atoms with Crippen LogP contribution in [0.4, 0.5) is 4.39 Å². The third kappa shape index (κ3) is 3.14. The van der Waals surface area contributed by atoms with Gasteiger partial charge < -0.3 is 14.0 Å². The quantitative estimate of drug-likeness (QED) is 0.785. The smallest absolute Gasteiger partial charge is 0.399 e. The Bertz CT molecular complexity index is 616. The zero-order valence-corrected chi connectivity index (χ0v) is 16.3. The summed E-state index contributed by atoms with van der Waals surface area (Å²) in [7, 11) is 1.52. The molecule has 2 fully saturated rings.